The predicted octanol–water partition coefficient (Wildman–Crippen LogP) is 2.46. The molecule has 2 rings (SSSR count). The first-order chi connectivity index (χ1) is 7.33. The van der Waals surface area contributed by atoms with Gasteiger partial charge >= 0.3 is 0 Å². The summed E-state index contributed by atoms with van der Waals surface area (Å²) in [5, 5.41) is 8.90. The first-order valence-corrected chi connectivity index (χ1v) is 4.91. The van der Waals surface area contributed by atoms with E-state index < -0.39 is 5.82 Å². The van der Waals surface area contributed by atoms with Crippen molar-refractivity contribution in [2.45, 2.75) is 6.42 Å². The van der Waals surface area contributed by atoms with Crippen LogP contribution in [-0.2, 0) is 0 Å². The number of rotatable bonds is 1. The average Bonchev–Trinajstić information content (AvgIpc) is 2.30. The van der Waals surface area contributed by atoms with Crippen molar-refractivity contribution in [3.63, 3.8) is 0 Å². The van der Waals surface area contributed by atoms with Gasteiger partial charge in [-0.15, -0.1) is 0 Å². The highest BCUT2D eigenvalue weighted by molar-refractivity contribution is 5.60. The number of benzene rings is 1. The molecule has 0 radical (unpaired) electrons. The van der Waals surface area contributed by atoms with Crippen LogP contribution in [-0.4, -0.2) is 13.1 Å². The van der Waals surface area contributed by atoms with Gasteiger partial charge in [-0.1, -0.05) is 18.2 Å². The summed E-state index contributed by atoms with van der Waals surface area (Å²) in [6.45, 7) is 1.59. The van der Waals surface area contributed by atoms with Crippen molar-refractivity contribution in [2.24, 2.45) is 0 Å². The van der Waals surface area contributed by atoms with Gasteiger partial charge in [-0.2, -0.15) is 5.26 Å². The maximum Gasteiger partial charge on any atom is 0.143 e. The van der Waals surface area contributed by atoms with Crippen LogP contribution in [0, 0.1) is 17.1 Å². The Labute approximate surface area is 88.2 Å². The molecule has 0 aromatic heterocycles. The van der Waals surface area contributed by atoms with Crippen LogP contribution in [0.1, 0.15) is 12.0 Å². The smallest absolute Gasteiger partial charge is 0.143 e. The van der Waals surface area contributed by atoms with Crippen LogP contribution < -0.4 is 4.90 Å². The fourth-order valence-corrected chi connectivity index (χ4v) is 1.75. The molecule has 0 aliphatic carbocycles. The van der Waals surface area contributed by atoms with Crippen molar-refractivity contribution in [1.82, 2.24) is 0 Å². The van der Waals surface area contributed by atoms with Gasteiger partial charge < -0.3 is 4.90 Å². The van der Waals surface area contributed by atoms with Gasteiger partial charge in [-0.3, -0.25) is 0 Å². The fraction of sp³-hybridized carbons (Fsp3) is 0.250. The Morgan fingerprint density at radius 3 is 2.87 bits per heavy atom. The lowest BCUT2D eigenvalue weighted by Crippen LogP contribution is -2.27. The largest absolute Gasteiger partial charge is 0.366 e. The minimum atomic E-state index is -0.440. The Hall–Kier alpha value is -1.82. The quantitative estimate of drug-likeness (QED) is 0.654. The van der Waals surface area contributed by atoms with Crippen molar-refractivity contribution >= 4 is 5.69 Å². The monoisotopic (exact) mass is 202 g/mol. The molecule has 0 atom stereocenters. The molecular formula is C12H11FN2. The number of nitriles is 1. The second kappa shape index (κ2) is 4.14. The minimum Gasteiger partial charge on any atom is -0.366 e. The number of hydrogen-bond acceptors (Lipinski definition) is 2. The molecule has 1 aliphatic heterocycles. The van der Waals surface area contributed by atoms with Gasteiger partial charge in [0.1, 0.15) is 17.4 Å². The summed E-state index contributed by atoms with van der Waals surface area (Å²) in [5.41, 5.74) is 0.842. The fourth-order valence-electron chi connectivity index (χ4n) is 1.75. The van der Waals surface area contributed by atoms with Crippen LogP contribution in [0.15, 0.2) is 30.4 Å². The van der Waals surface area contributed by atoms with Crippen LogP contribution in [0.3, 0.4) is 0 Å². The number of halogens is 1. The lowest BCUT2D eigenvalue weighted by Gasteiger charge is -2.26. The van der Waals surface area contributed by atoms with Crippen LogP contribution >= 0.6 is 0 Å². The Kier molecular flexibility index (Phi) is 2.68. The molecule has 0 saturated carbocycles. The summed E-state index contributed by atoms with van der Waals surface area (Å²) in [5.74, 6) is -0.440. The Morgan fingerprint density at radius 1 is 1.33 bits per heavy atom. The molecule has 2 nitrogen and oxygen atoms in total. The molecule has 0 N–H and O–H groups in total. The third-order valence-corrected chi connectivity index (χ3v) is 2.50. The summed E-state index contributed by atoms with van der Waals surface area (Å²) in [6.07, 6.45) is 5.08. The van der Waals surface area contributed by atoms with E-state index >= 15 is 0 Å². The Bertz CT molecular complexity index is 432. The topological polar surface area (TPSA) is 27.0 Å². The lowest BCUT2D eigenvalue weighted by molar-refractivity contribution is 0.622. The zero-order valence-electron chi connectivity index (χ0n) is 8.28. The third kappa shape index (κ3) is 1.84. The maximum absolute atomic E-state index is 13.3. The summed E-state index contributed by atoms with van der Waals surface area (Å²) in [6, 6.07) is 6.68. The number of hydrogen-bond donors (Lipinski definition) is 0. The number of nitrogens with zero attached hydrogens (tertiary/aromatic N) is 2. The van der Waals surface area contributed by atoms with E-state index in [4.69, 9.17) is 5.26 Å². The second-order valence-electron chi connectivity index (χ2n) is 3.45. The van der Waals surface area contributed by atoms with Crippen LogP contribution in [0.5, 0.6) is 0 Å². The van der Waals surface area contributed by atoms with Gasteiger partial charge in [0.25, 0.3) is 0 Å². The highest BCUT2D eigenvalue weighted by Gasteiger charge is 2.14. The molecule has 0 bridgehead atoms. The summed E-state index contributed by atoms with van der Waals surface area (Å²) < 4.78 is 13.3. The Balaban J connectivity index is 2.39. The van der Waals surface area contributed by atoms with Crippen molar-refractivity contribution < 1.29 is 4.39 Å². The first kappa shape index (κ1) is 9.72. The van der Waals surface area contributed by atoms with Gasteiger partial charge in [0.15, 0.2) is 0 Å². The van der Waals surface area contributed by atoms with E-state index in [9.17, 15) is 4.39 Å². The molecule has 1 heterocycles. The highest BCUT2D eigenvalue weighted by Crippen LogP contribution is 2.23. The SMILES string of the molecule is N#Cc1c(F)cccc1N1CC=CCC1. The third-order valence-electron chi connectivity index (χ3n) is 2.50. The average molecular weight is 202 g/mol. The summed E-state index contributed by atoms with van der Waals surface area (Å²) >= 11 is 0. The van der Waals surface area contributed by atoms with E-state index in [-0.39, 0.29) is 5.56 Å². The standard InChI is InChI=1S/C12H11FN2/c13-11-5-4-6-12(10(11)9-14)15-7-2-1-3-8-15/h1-2,4-6H,3,7-8H2. The van der Waals surface area contributed by atoms with Gasteiger partial charge in [-0.25, -0.2) is 4.39 Å². The zero-order valence-corrected chi connectivity index (χ0v) is 8.28. The van der Waals surface area contributed by atoms with E-state index in [1.54, 1.807) is 12.1 Å². The molecule has 15 heavy (non-hydrogen) atoms. The van der Waals surface area contributed by atoms with E-state index in [0.717, 1.165) is 19.5 Å². The van der Waals surface area contributed by atoms with Crippen molar-refractivity contribution in [3.05, 3.63) is 41.7 Å². The van der Waals surface area contributed by atoms with Crippen LogP contribution in [0.25, 0.3) is 0 Å². The van der Waals surface area contributed by atoms with Gasteiger partial charge in [-0.05, 0) is 18.6 Å². The molecule has 3 heteroatoms. The van der Waals surface area contributed by atoms with E-state index in [0.29, 0.717) is 5.69 Å². The molecular weight excluding hydrogens is 191 g/mol. The van der Waals surface area contributed by atoms with E-state index in [1.165, 1.54) is 6.07 Å². The normalized spacial score (nSPS) is 15.1. The van der Waals surface area contributed by atoms with Gasteiger partial charge in [0.2, 0.25) is 0 Å². The van der Waals surface area contributed by atoms with Gasteiger partial charge in [0, 0.05) is 13.1 Å². The van der Waals surface area contributed by atoms with E-state index in [1.807, 2.05) is 17.0 Å². The maximum atomic E-state index is 13.3. The lowest BCUT2D eigenvalue weighted by atomic mass is 10.1. The van der Waals surface area contributed by atoms with Crippen LogP contribution in [0.4, 0.5) is 10.1 Å². The molecule has 0 spiro atoms. The molecule has 0 fully saturated rings. The van der Waals surface area contributed by atoms with E-state index in [2.05, 4.69) is 6.08 Å². The highest BCUT2D eigenvalue weighted by atomic mass is 19.1. The Morgan fingerprint density at radius 2 is 2.20 bits per heavy atom. The first-order valence-electron chi connectivity index (χ1n) is 4.91. The molecule has 0 amide bonds. The van der Waals surface area contributed by atoms with Gasteiger partial charge in [0.05, 0.1) is 5.69 Å². The molecule has 1 aromatic rings. The minimum absolute atomic E-state index is 0.146. The van der Waals surface area contributed by atoms with Crippen molar-refractivity contribution in [3.8, 4) is 6.07 Å². The predicted molar refractivity (Wildman–Crippen MR) is 57.1 cm³/mol. The second-order valence-corrected chi connectivity index (χ2v) is 3.45. The molecule has 1 aromatic carbocycles. The van der Waals surface area contributed by atoms with Crippen molar-refractivity contribution in [2.75, 3.05) is 18.0 Å². The van der Waals surface area contributed by atoms with Crippen LogP contribution in [0.2, 0.25) is 0 Å². The molecule has 0 saturated heterocycles. The number of anilines is 1. The summed E-state index contributed by atoms with van der Waals surface area (Å²) in [7, 11) is 0. The molecule has 0 unspecified atom stereocenters. The molecule has 1 aliphatic rings. The summed E-state index contributed by atoms with van der Waals surface area (Å²) in [4.78, 5) is 2.02. The molecule has 76 valence electrons. The van der Waals surface area contributed by atoms with Crippen molar-refractivity contribution in [1.29, 1.82) is 5.26 Å². The zero-order chi connectivity index (χ0) is 10.7.